The Hall–Kier alpha value is -2.29. The largest absolute Gasteiger partial charge is 0.352 e. The summed E-state index contributed by atoms with van der Waals surface area (Å²) in [6.45, 7) is 0.387. The van der Waals surface area contributed by atoms with E-state index in [-0.39, 0.29) is 11.8 Å². The predicted molar refractivity (Wildman–Crippen MR) is 109 cm³/mol. The molecule has 2 aromatic carbocycles. The van der Waals surface area contributed by atoms with Crippen LogP contribution < -0.4 is 10.6 Å². The monoisotopic (exact) mass is 464 g/mol. The molecule has 2 amide bonds. The van der Waals surface area contributed by atoms with E-state index in [4.69, 9.17) is 11.6 Å². The summed E-state index contributed by atoms with van der Waals surface area (Å²) in [7, 11) is 0. The SMILES string of the molecule is O=C(Nc1nnc(CCNC(=O)c2ccccc2Cl)s1)c1cccc(Br)c1. The van der Waals surface area contributed by atoms with E-state index < -0.39 is 0 Å². The van der Waals surface area contributed by atoms with E-state index in [9.17, 15) is 9.59 Å². The van der Waals surface area contributed by atoms with Gasteiger partial charge in [-0.2, -0.15) is 0 Å². The minimum absolute atomic E-state index is 0.242. The molecule has 0 aliphatic carbocycles. The standard InChI is InChI=1S/C18H14BrClN4O2S/c19-12-5-3-4-11(10-12)16(25)22-18-24-23-15(27-18)8-9-21-17(26)13-6-1-2-7-14(13)20/h1-7,10H,8-9H2,(H,21,26)(H,22,24,25). The molecule has 0 fully saturated rings. The Labute approximate surface area is 173 Å². The summed E-state index contributed by atoms with van der Waals surface area (Å²) in [5.41, 5.74) is 0.950. The van der Waals surface area contributed by atoms with Crippen molar-refractivity contribution in [1.29, 1.82) is 0 Å². The van der Waals surface area contributed by atoms with Gasteiger partial charge in [-0.3, -0.25) is 14.9 Å². The zero-order valence-corrected chi connectivity index (χ0v) is 17.1. The zero-order valence-electron chi connectivity index (χ0n) is 13.9. The number of aromatic nitrogens is 2. The van der Waals surface area contributed by atoms with Crippen LogP contribution in [0.1, 0.15) is 25.7 Å². The van der Waals surface area contributed by atoms with Gasteiger partial charge in [0.1, 0.15) is 5.01 Å². The first kappa shape index (κ1) is 19.5. The van der Waals surface area contributed by atoms with Crippen LogP contribution in [0, 0.1) is 0 Å². The van der Waals surface area contributed by atoms with Gasteiger partial charge in [0.15, 0.2) is 0 Å². The third-order valence-corrected chi connectivity index (χ3v) is 5.24. The first-order chi connectivity index (χ1) is 13.0. The Bertz CT molecular complexity index is 979. The molecular weight excluding hydrogens is 452 g/mol. The lowest BCUT2D eigenvalue weighted by Crippen LogP contribution is -2.25. The average molecular weight is 466 g/mol. The highest BCUT2D eigenvalue weighted by molar-refractivity contribution is 9.10. The topological polar surface area (TPSA) is 84.0 Å². The summed E-state index contributed by atoms with van der Waals surface area (Å²) in [5, 5.41) is 15.0. The maximum atomic E-state index is 12.2. The predicted octanol–water partition coefficient (Wildman–Crippen LogP) is 4.18. The van der Waals surface area contributed by atoms with Crippen molar-refractivity contribution in [3.8, 4) is 0 Å². The number of nitrogens with zero attached hydrogens (tertiary/aromatic N) is 2. The number of nitrogens with one attached hydrogen (secondary N) is 2. The Balaban J connectivity index is 1.52. The number of carbonyl (C=O) groups is 2. The van der Waals surface area contributed by atoms with Crippen molar-refractivity contribution in [3.63, 3.8) is 0 Å². The molecule has 2 N–H and O–H groups in total. The molecule has 1 aromatic heterocycles. The van der Waals surface area contributed by atoms with E-state index in [1.807, 2.05) is 6.07 Å². The van der Waals surface area contributed by atoms with Crippen molar-refractivity contribution in [3.05, 3.63) is 74.2 Å². The molecule has 0 aliphatic rings. The number of carbonyl (C=O) groups excluding carboxylic acids is 2. The van der Waals surface area contributed by atoms with Crippen LogP contribution in [0.25, 0.3) is 0 Å². The second-order valence-corrected chi connectivity index (χ2v) is 7.84. The third-order valence-electron chi connectivity index (χ3n) is 3.52. The molecule has 9 heteroatoms. The number of rotatable bonds is 6. The van der Waals surface area contributed by atoms with Crippen molar-refractivity contribution >= 4 is 55.8 Å². The molecule has 0 saturated heterocycles. The third kappa shape index (κ3) is 5.35. The molecule has 0 radical (unpaired) electrons. The van der Waals surface area contributed by atoms with Gasteiger partial charge in [0.05, 0.1) is 10.6 Å². The number of anilines is 1. The van der Waals surface area contributed by atoms with E-state index in [2.05, 4.69) is 36.8 Å². The fraction of sp³-hybridized carbons (Fsp3) is 0.111. The number of halogens is 2. The normalized spacial score (nSPS) is 10.4. The molecule has 3 aromatic rings. The van der Waals surface area contributed by atoms with Crippen molar-refractivity contribution in [2.75, 3.05) is 11.9 Å². The van der Waals surface area contributed by atoms with Crippen LogP contribution in [0.4, 0.5) is 5.13 Å². The quantitative estimate of drug-likeness (QED) is 0.572. The van der Waals surface area contributed by atoms with E-state index >= 15 is 0 Å². The molecular formula is C18H14BrClN4O2S. The molecule has 0 aliphatic heterocycles. The van der Waals surface area contributed by atoms with Crippen LogP contribution in [0.5, 0.6) is 0 Å². The van der Waals surface area contributed by atoms with E-state index in [1.54, 1.807) is 42.5 Å². The number of amides is 2. The molecule has 1 heterocycles. The van der Waals surface area contributed by atoms with E-state index in [0.29, 0.717) is 39.3 Å². The highest BCUT2D eigenvalue weighted by Crippen LogP contribution is 2.18. The summed E-state index contributed by atoms with van der Waals surface area (Å²) in [6, 6.07) is 13.9. The summed E-state index contributed by atoms with van der Waals surface area (Å²) >= 11 is 10.6. The summed E-state index contributed by atoms with van der Waals surface area (Å²) in [4.78, 5) is 24.3. The highest BCUT2D eigenvalue weighted by Gasteiger charge is 2.12. The number of benzene rings is 2. The van der Waals surface area contributed by atoms with Crippen molar-refractivity contribution in [2.45, 2.75) is 6.42 Å². The van der Waals surface area contributed by atoms with Crippen LogP contribution in [0.3, 0.4) is 0 Å². The lowest BCUT2D eigenvalue weighted by molar-refractivity contribution is 0.0953. The minimum Gasteiger partial charge on any atom is -0.352 e. The summed E-state index contributed by atoms with van der Waals surface area (Å²) in [5.74, 6) is -0.501. The Morgan fingerprint density at radius 2 is 1.89 bits per heavy atom. The maximum absolute atomic E-state index is 12.2. The van der Waals surface area contributed by atoms with Gasteiger partial charge in [-0.1, -0.05) is 57.1 Å². The van der Waals surface area contributed by atoms with E-state index in [1.165, 1.54) is 11.3 Å². The van der Waals surface area contributed by atoms with Gasteiger partial charge < -0.3 is 5.32 Å². The van der Waals surface area contributed by atoms with Gasteiger partial charge in [0.25, 0.3) is 11.8 Å². The van der Waals surface area contributed by atoms with E-state index in [0.717, 1.165) is 4.47 Å². The average Bonchev–Trinajstić information content (AvgIpc) is 3.09. The van der Waals surface area contributed by atoms with Crippen LogP contribution in [0.15, 0.2) is 53.0 Å². The first-order valence-electron chi connectivity index (χ1n) is 7.95. The fourth-order valence-electron chi connectivity index (χ4n) is 2.23. The molecule has 6 nitrogen and oxygen atoms in total. The fourth-order valence-corrected chi connectivity index (χ4v) is 3.58. The van der Waals surface area contributed by atoms with Crippen LogP contribution in [-0.2, 0) is 6.42 Å². The van der Waals surface area contributed by atoms with Crippen LogP contribution in [-0.4, -0.2) is 28.6 Å². The molecule has 0 atom stereocenters. The van der Waals surface area contributed by atoms with Gasteiger partial charge in [-0.15, -0.1) is 10.2 Å². The Kier molecular flexibility index (Phi) is 6.54. The molecule has 138 valence electrons. The van der Waals surface area contributed by atoms with Crippen molar-refractivity contribution < 1.29 is 9.59 Å². The number of hydrogen-bond donors (Lipinski definition) is 2. The summed E-state index contributed by atoms with van der Waals surface area (Å²) < 4.78 is 0.822. The molecule has 27 heavy (non-hydrogen) atoms. The molecule has 3 rings (SSSR count). The lowest BCUT2D eigenvalue weighted by atomic mass is 10.2. The second kappa shape index (κ2) is 9.07. The Morgan fingerprint density at radius 1 is 1.07 bits per heavy atom. The minimum atomic E-state index is -0.258. The molecule has 0 saturated carbocycles. The Morgan fingerprint density at radius 3 is 2.67 bits per heavy atom. The zero-order chi connectivity index (χ0) is 19.2. The van der Waals surface area contributed by atoms with Gasteiger partial charge in [0.2, 0.25) is 5.13 Å². The van der Waals surface area contributed by atoms with Gasteiger partial charge in [-0.05, 0) is 30.3 Å². The molecule has 0 spiro atoms. The van der Waals surface area contributed by atoms with Gasteiger partial charge in [0, 0.05) is 23.0 Å². The second-order valence-electron chi connectivity index (χ2n) is 5.45. The van der Waals surface area contributed by atoms with Gasteiger partial charge in [-0.25, -0.2) is 0 Å². The summed E-state index contributed by atoms with van der Waals surface area (Å²) in [6.07, 6.45) is 0.501. The number of hydrogen-bond acceptors (Lipinski definition) is 5. The highest BCUT2D eigenvalue weighted by atomic mass is 79.9. The van der Waals surface area contributed by atoms with Crippen molar-refractivity contribution in [1.82, 2.24) is 15.5 Å². The van der Waals surface area contributed by atoms with Crippen molar-refractivity contribution in [2.24, 2.45) is 0 Å². The van der Waals surface area contributed by atoms with Crippen LogP contribution in [0.2, 0.25) is 5.02 Å². The molecule has 0 bridgehead atoms. The smallest absolute Gasteiger partial charge is 0.257 e. The maximum Gasteiger partial charge on any atom is 0.257 e. The lowest BCUT2D eigenvalue weighted by Gasteiger charge is -2.05. The molecule has 0 unspecified atom stereocenters. The van der Waals surface area contributed by atoms with Gasteiger partial charge >= 0.3 is 0 Å². The first-order valence-corrected chi connectivity index (χ1v) is 9.93. The van der Waals surface area contributed by atoms with Crippen LogP contribution >= 0.6 is 38.9 Å².